The summed E-state index contributed by atoms with van der Waals surface area (Å²) in [6.07, 6.45) is -10.0. The molecular formula is C16H19F6N3O2. The van der Waals surface area contributed by atoms with Gasteiger partial charge in [-0.1, -0.05) is 20.8 Å². The van der Waals surface area contributed by atoms with Crippen LogP contribution in [0.3, 0.4) is 0 Å². The van der Waals surface area contributed by atoms with E-state index in [9.17, 15) is 36.5 Å². The van der Waals surface area contributed by atoms with Gasteiger partial charge in [-0.25, -0.2) is 0 Å². The lowest BCUT2D eigenvalue weighted by atomic mass is 9.88. The molecule has 0 radical (unpaired) electrons. The van der Waals surface area contributed by atoms with Gasteiger partial charge in [0.2, 0.25) is 0 Å². The number of hydrogen-bond donors (Lipinski definition) is 1. The standard InChI is InChI=1S/C16H19F6N3O2/c1-9(14(2,3)4)23-13(8-25(26)27)24-12-6-10(15(17,18)19)5-11(7-12)16(20,21)22/h5-7,9H,8H2,1-4H3,(H,23,24). The van der Waals surface area contributed by atoms with Crippen molar-refractivity contribution >= 4 is 11.5 Å². The van der Waals surface area contributed by atoms with E-state index in [4.69, 9.17) is 0 Å². The minimum absolute atomic E-state index is 0.0206. The first-order valence-electron chi connectivity index (χ1n) is 7.75. The molecule has 0 saturated carbocycles. The molecule has 0 amide bonds. The third-order valence-electron chi connectivity index (χ3n) is 3.76. The zero-order valence-electron chi connectivity index (χ0n) is 15.0. The lowest BCUT2D eigenvalue weighted by Crippen LogP contribution is -2.29. The Hall–Kier alpha value is -2.33. The van der Waals surface area contributed by atoms with Gasteiger partial charge in [-0.15, -0.1) is 0 Å². The molecule has 152 valence electrons. The Morgan fingerprint density at radius 2 is 1.52 bits per heavy atom. The summed E-state index contributed by atoms with van der Waals surface area (Å²) in [5.74, 6) is -0.338. The number of aliphatic imine (C=N–C) groups is 1. The van der Waals surface area contributed by atoms with Gasteiger partial charge in [0, 0.05) is 10.6 Å². The maximum atomic E-state index is 12.9. The van der Waals surface area contributed by atoms with Gasteiger partial charge in [0.15, 0.2) is 5.84 Å². The SMILES string of the molecule is CC(N=C(C[N+](=O)[O-])Nc1cc(C(F)(F)F)cc(C(F)(F)F)c1)C(C)(C)C. The smallest absolute Gasteiger partial charge is 0.338 e. The molecule has 0 aliphatic heterocycles. The summed E-state index contributed by atoms with van der Waals surface area (Å²) in [4.78, 5) is 14.1. The average molecular weight is 399 g/mol. The van der Waals surface area contributed by atoms with Crippen molar-refractivity contribution in [3.63, 3.8) is 0 Å². The monoisotopic (exact) mass is 399 g/mol. The number of halogens is 6. The topological polar surface area (TPSA) is 67.5 Å². The zero-order chi connectivity index (χ0) is 21.2. The molecule has 0 heterocycles. The normalized spacial score (nSPS) is 14.8. The van der Waals surface area contributed by atoms with Crippen molar-refractivity contribution in [3.05, 3.63) is 39.4 Å². The van der Waals surface area contributed by atoms with Crippen molar-refractivity contribution in [3.8, 4) is 0 Å². The van der Waals surface area contributed by atoms with Gasteiger partial charge >= 0.3 is 12.4 Å². The number of benzene rings is 1. The molecule has 1 rings (SSSR count). The second-order valence-corrected chi connectivity index (χ2v) is 7.03. The molecule has 0 spiro atoms. The Kier molecular flexibility index (Phi) is 6.50. The van der Waals surface area contributed by atoms with Crippen molar-refractivity contribution in [1.82, 2.24) is 0 Å². The van der Waals surface area contributed by atoms with Crippen LogP contribution in [-0.4, -0.2) is 23.3 Å². The highest BCUT2D eigenvalue weighted by Crippen LogP contribution is 2.37. The molecule has 1 aromatic rings. The van der Waals surface area contributed by atoms with E-state index in [2.05, 4.69) is 10.3 Å². The summed E-state index contributed by atoms with van der Waals surface area (Å²) in [5, 5.41) is 13.1. The minimum atomic E-state index is -5.02. The van der Waals surface area contributed by atoms with Crippen LogP contribution in [0.15, 0.2) is 23.2 Å². The largest absolute Gasteiger partial charge is 0.416 e. The Labute approximate surface area is 151 Å². The number of nitro groups is 1. The molecule has 1 atom stereocenters. The van der Waals surface area contributed by atoms with E-state index >= 15 is 0 Å². The molecular weight excluding hydrogens is 380 g/mol. The summed E-state index contributed by atoms with van der Waals surface area (Å²) in [6.45, 7) is 6.12. The molecule has 0 aromatic heterocycles. The maximum absolute atomic E-state index is 12.9. The molecule has 1 N–H and O–H groups in total. The highest BCUT2D eigenvalue weighted by molar-refractivity contribution is 5.96. The summed E-state index contributed by atoms with van der Waals surface area (Å²) < 4.78 is 77.5. The molecule has 5 nitrogen and oxygen atoms in total. The van der Waals surface area contributed by atoms with Crippen LogP contribution in [0.5, 0.6) is 0 Å². The summed E-state index contributed by atoms with van der Waals surface area (Å²) in [5.41, 5.74) is -4.05. The number of anilines is 1. The van der Waals surface area contributed by atoms with Gasteiger partial charge in [-0.2, -0.15) is 26.3 Å². The summed E-state index contributed by atoms with van der Waals surface area (Å²) in [6, 6.07) is 0.402. The minimum Gasteiger partial charge on any atom is -0.338 e. The van der Waals surface area contributed by atoms with Gasteiger partial charge < -0.3 is 5.32 Å². The Bertz CT molecular complexity index is 688. The fourth-order valence-corrected chi connectivity index (χ4v) is 1.86. The third-order valence-corrected chi connectivity index (χ3v) is 3.76. The molecule has 27 heavy (non-hydrogen) atoms. The van der Waals surface area contributed by atoms with Crippen LogP contribution in [0.2, 0.25) is 0 Å². The predicted octanol–water partition coefficient (Wildman–Crippen LogP) is 5.25. The fourth-order valence-electron chi connectivity index (χ4n) is 1.86. The maximum Gasteiger partial charge on any atom is 0.416 e. The fraction of sp³-hybridized carbons (Fsp3) is 0.562. The lowest BCUT2D eigenvalue weighted by Gasteiger charge is -2.24. The number of amidine groups is 1. The van der Waals surface area contributed by atoms with E-state index in [1.165, 1.54) is 0 Å². The molecule has 11 heteroatoms. The quantitative estimate of drug-likeness (QED) is 0.247. The second kappa shape index (κ2) is 7.73. The van der Waals surface area contributed by atoms with Crippen LogP contribution in [0.25, 0.3) is 0 Å². The van der Waals surface area contributed by atoms with E-state index in [-0.39, 0.29) is 11.9 Å². The summed E-state index contributed by atoms with van der Waals surface area (Å²) >= 11 is 0. The van der Waals surface area contributed by atoms with E-state index in [1.54, 1.807) is 27.7 Å². The number of hydrogen-bond acceptors (Lipinski definition) is 3. The van der Waals surface area contributed by atoms with Crippen molar-refractivity contribution in [2.75, 3.05) is 11.9 Å². The highest BCUT2D eigenvalue weighted by atomic mass is 19.4. The van der Waals surface area contributed by atoms with E-state index in [1.807, 2.05) is 0 Å². The van der Waals surface area contributed by atoms with Gasteiger partial charge in [0.1, 0.15) is 0 Å². The zero-order valence-corrected chi connectivity index (χ0v) is 15.0. The average Bonchev–Trinajstić information content (AvgIpc) is 2.43. The molecule has 0 saturated heterocycles. The number of nitrogens with one attached hydrogen (secondary N) is 1. The first kappa shape index (κ1) is 22.7. The van der Waals surface area contributed by atoms with E-state index in [0.717, 1.165) is 0 Å². The predicted molar refractivity (Wildman–Crippen MR) is 88.3 cm³/mol. The van der Waals surface area contributed by atoms with Crippen LogP contribution in [-0.2, 0) is 12.4 Å². The van der Waals surface area contributed by atoms with Gasteiger partial charge in [0.05, 0.1) is 17.2 Å². The van der Waals surface area contributed by atoms with Crippen molar-refractivity contribution in [2.45, 2.75) is 46.1 Å². The first-order valence-corrected chi connectivity index (χ1v) is 7.75. The Morgan fingerprint density at radius 1 is 1.07 bits per heavy atom. The van der Waals surface area contributed by atoms with Crippen molar-refractivity contribution in [1.29, 1.82) is 0 Å². The number of alkyl halides is 6. The molecule has 0 aliphatic rings. The molecule has 0 aliphatic carbocycles. The number of rotatable bonds is 4. The Balaban J connectivity index is 3.39. The van der Waals surface area contributed by atoms with Crippen molar-refractivity contribution in [2.24, 2.45) is 10.4 Å². The van der Waals surface area contributed by atoms with Crippen LogP contribution >= 0.6 is 0 Å². The molecule has 0 bridgehead atoms. The van der Waals surface area contributed by atoms with E-state index in [0.29, 0.717) is 12.1 Å². The van der Waals surface area contributed by atoms with Gasteiger partial charge in [0.25, 0.3) is 6.54 Å². The van der Waals surface area contributed by atoms with Crippen LogP contribution in [0.1, 0.15) is 38.8 Å². The molecule has 1 unspecified atom stereocenters. The van der Waals surface area contributed by atoms with Gasteiger partial charge in [-0.3, -0.25) is 15.1 Å². The highest BCUT2D eigenvalue weighted by Gasteiger charge is 2.37. The first-order chi connectivity index (χ1) is 12.0. The van der Waals surface area contributed by atoms with E-state index < -0.39 is 52.1 Å². The van der Waals surface area contributed by atoms with Crippen molar-refractivity contribution < 1.29 is 31.3 Å². The molecule has 0 fully saturated rings. The Morgan fingerprint density at radius 3 is 1.85 bits per heavy atom. The summed E-state index contributed by atoms with van der Waals surface area (Å²) in [7, 11) is 0. The third kappa shape index (κ3) is 7.06. The molecule has 1 aromatic carbocycles. The van der Waals surface area contributed by atoms with Gasteiger partial charge in [-0.05, 0) is 30.5 Å². The lowest BCUT2D eigenvalue weighted by molar-refractivity contribution is -0.463. The van der Waals surface area contributed by atoms with Crippen LogP contribution in [0, 0.1) is 15.5 Å². The van der Waals surface area contributed by atoms with Crippen LogP contribution < -0.4 is 5.32 Å². The number of nitrogens with zero attached hydrogens (tertiary/aromatic N) is 2. The van der Waals surface area contributed by atoms with Crippen LogP contribution in [0.4, 0.5) is 32.0 Å². The second-order valence-electron chi connectivity index (χ2n) is 7.03.